The van der Waals surface area contributed by atoms with Crippen molar-refractivity contribution < 1.29 is 9.53 Å². The number of methoxy groups -OCH3 is 1. The van der Waals surface area contributed by atoms with Crippen molar-refractivity contribution in [2.45, 2.75) is 39.7 Å². The topological polar surface area (TPSA) is 69.0 Å². The van der Waals surface area contributed by atoms with Crippen LogP contribution in [0.25, 0.3) is 21.9 Å². The Bertz CT molecular complexity index is 885. The molecule has 0 bridgehead atoms. The van der Waals surface area contributed by atoms with Gasteiger partial charge in [-0.1, -0.05) is 20.3 Å². The highest BCUT2D eigenvalue weighted by Gasteiger charge is 2.15. The van der Waals surface area contributed by atoms with E-state index in [1.165, 1.54) is 0 Å². The molecule has 0 aliphatic rings. The third-order valence-corrected chi connectivity index (χ3v) is 4.02. The van der Waals surface area contributed by atoms with Crippen molar-refractivity contribution in [3.63, 3.8) is 0 Å². The van der Waals surface area contributed by atoms with E-state index in [0.717, 1.165) is 47.1 Å². The molecule has 0 saturated carbocycles. The lowest BCUT2D eigenvalue weighted by atomic mass is 10.1. The Labute approximate surface area is 140 Å². The fraction of sp³-hybridized carbons (Fsp3) is 0.389. The number of aryl methyl sites for hydroxylation is 1. The normalized spacial score (nSPS) is 11.1. The Morgan fingerprint density at radius 2 is 2.12 bits per heavy atom. The van der Waals surface area contributed by atoms with Gasteiger partial charge in [-0.05, 0) is 30.7 Å². The number of nitrogens with zero attached hydrogens (tertiary/aromatic N) is 3. The van der Waals surface area contributed by atoms with Crippen molar-refractivity contribution in [2.24, 2.45) is 0 Å². The van der Waals surface area contributed by atoms with Gasteiger partial charge in [-0.15, -0.1) is 0 Å². The molecule has 1 aromatic carbocycles. The summed E-state index contributed by atoms with van der Waals surface area (Å²) in [5.41, 5.74) is 1.68. The zero-order valence-electron chi connectivity index (χ0n) is 14.3. The molecule has 0 aliphatic heterocycles. The number of benzene rings is 1. The van der Waals surface area contributed by atoms with Crippen LogP contribution in [-0.2, 0) is 11.3 Å². The standard InChI is InChI=1S/C18H22N4O2/c1-4-6-9-22-18-14(17(21-22)20-16(23)5-2)11-12-10-13(24-3)7-8-15(12)19-18/h7-8,10-11H,4-6,9H2,1-3H3,(H,20,21,23). The first kappa shape index (κ1) is 16.2. The van der Waals surface area contributed by atoms with Crippen LogP contribution < -0.4 is 10.1 Å². The number of ether oxygens (including phenoxy) is 1. The number of hydrogen-bond acceptors (Lipinski definition) is 4. The Hall–Kier alpha value is -2.63. The summed E-state index contributed by atoms with van der Waals surface area (Å²) < 4.78 is 7.17. The second kappa shape index (κ2) is 6.86. The first-order valence-corrected chi connectivity index (χ1v) is 8.31. The Kier molecular flexibility index (Phi) is 4.64. The van der Waals surface area contributed by atoms with Crippen LogP contribution >= 0.6 is 0 Å². The summed E-state index contributed by atoms with van der Waals surface area (Å²) >= 11 is 0. The maximum atomic E-state index is 11.8. The number of rotatable bonds is 6. The predicted octanol–water partition coefficient (Wildman–Crippen LogP) is 3.74. The maximum absolute atomic E-state index is 11.8. The molecule has 2 aromatic heterocycles. The molecular formula is C18H22N4O2. The van der Waals surface area contributed by atoms with E-state index in [-0.39, 0.29) is 5.91 Å². The summed E-state index contributed by atoms with van der Waals surface area (Å²) in [6, 6.07) is 7.79. The molecule has 1 N–H and O–H groups in total. The fourth-order valence-corrected chi connectivity index (χ4v) is 2.64. The first-order valence-electron chi connectivity index (χ1n) is 8.31. The van der Waals surface area contributed by atoms with Crippen molar-refractivity contribution in [3.8, 4) is 5.75 Å². The van der Waals surface area contributed by atoms with Crippen LogP contribution in [0.2, 0.25) is 0 Å². The van der Waals surface area contributed by atoms with Gasteiger partial charge in [0.25, 0.3) is 0 Å². The molecule has 24 heavy (non-hydrogen) atoms. The molecule has 3 rings (SSSR count). The number of aromatic nitrogens is 3. The quantitative estimate of drug-likeness (QED) is 0.749. The number of anilines is 1. The van der Waals surface area contributed by atoms with Crippen LogP contribution in [0.5, 0.6) is 5.75 Å². The zero-order chi connectivity index (χ0) is 17.1. The minimum atomic E-state index is -0.0530. The highest BCUT2D eigenvalue weighted by molar-refractivity contribution is 6.02. The molecule has 0 fully saturated rings. The van der Waals surface area contributed by atoms with Gasteiger partial charge in [0.2, 0.25) is 5.91 Å². The Balaban J connectivity index is 2.17. The fourth-order valence-electron chi connectivity index (χ4n) is 2.64. The maximum Gasteiger partial charge on any atom is 0.225 e. The summed E-state index contributed by atoms with van der Waals surface area (Å²) in [6.45, 7) is 4.74. The summed E-state index contributed by atoms with van der Waals surface area (Å²) in [7, 11) is 1.64. The van der Waals surface area contributed by atoms with Crippen LogP contribution in [0.15, 0.2) is 24.3 Å². The number of fused-ring (bicyclic) bond motifs is 2. The van der Waals surface area contributed by atoms with E-state index in [0.29, 0.717) is 12.2 Å². The van der Waals surface area contributed by atoms with Gasteiger partial charge >= 0.3 is 0 Å². The monoisotopic (exact) mass is 326 g/mol. The van der Waals surface area contributed by atoms with E-state index in [9.17, 15) is 4.79 Å². The van der Waals surface area contributed by atoms with Crippen molar-refractivity contribution >= 4 is 33.7 Å². The van der Waals surface area contributed by atoms with Crippen LogP contribution in [0.3, 0.4) is 0 Å². The van der Waals surface area contributed by atoms with Gasteiger partial charge in [-0.2, -0.15) is 5.10 Å². The van der Waals surface area contributed by atoms with Gasteiger partial charge in [0.05, 0.1) is 18.0 Å². The first-order chi connectivity index (χ1) is 11.7. The van der Waals surface area contributed by atoms with E-state index < -0.39 is 0 Å². The Morgan fingerprint density at radius 1 is 1.29 bits per heavy atom. The van der Waals surface area contributed by atoms with Crippen LogP contribution in [0.1, 0.15) is 33.1 Å². The molecule has 6 heteroatoms. The van der Waals surface area contributed by atoms with Gasteiger partial charge in [-0.25, -0.2) is 9.67 Å². The lowest BCUT2D eigenvalue weighted by Crippen LogP contribution is -2.10. The van der Waals surface area contributed by atoms with Crippen molar-refractivity contribution in [2.75, 3.05) is 12.4 Å². The third-order valence-electron chi connectivity index (χ3n) is 4.02. The van der Waals surface area contributed by atoms with Gasteiger partial charge < -0.3 is 10.1 Å². The van der Waals surface area contributed by atoms with E-state index in [1.54, 1.807) is 7.11 Å². The minimum Gasteiger partial charge on any atom is -0.497 e. The van der Waals surface area contributed by atoms with Gasteiger partial charge in [0, 0.05) is 18.4 Å². The number of nitrogens with one attached hydrogen (secondary N) is 1. The molecule has 1 amide bonds. The summed E-state index contributed by atoms with van der Waals surface area (Å²) in [5.74, 6) is 1.30. The SMILES string of the molecule is CCCCn1nc(NC(=O)CC)c2cc3cc(OC)ccc3nc21. The highest BCUT2D eigenvalue weighted by atomic mass is 16.5. The van der Waals surface area contributed by atoms with Gasteiger partial charge in [0.1, 0.15) is 5.75 Å². The lowest BCUT2D eigenvalue weighted by Gasteiger charge is -2.04. The number of hydrogen-bond donors (Lipinski definition) is 1. The van der Waals surface area contributed by atoms with E-state index >= 15 is 0 Å². The summed E-state index contributed by atoms with van der Waals surface area (Å²) in [4.78, 5) is 16.6. The molecular weight excluding hydrogens is 304 g/mol. The summed E-state index contributed by atoms with van der Waals surface area (Å²) in [6.07, 6.45) is 2.50. The predicted molar refractivity (Wildman–Crippen MR) is 95.4 cm³/mol. The van der Waals surface area contributed by atoms with E-state index in [2.05, 4.69) is 17.3 Å². The molecule has 0 atom stereocenters. The van der Waals surface area contributed by atoms with Crippen LogP contribution in [-0.4, -0.2) is 27.8 Å². The second-order valence-corrected chi connectivity index (χ2v) is 5.75. The molecule has 0 radical (unpaired) electrons. The van der Waals surface area contributed by atoms with Crippen molar-refractivity contribution in [1.82, 2.24) is 14.8 Å². The minimum absolute atomic E-state index is 0.0530. The zero-order valence-corrected chi connectivity index (χ0v) is 14.3. The average molecular weight is 326 g/mol. The lowest BCUT2D eigenvalue weighted by molar-refractivity contribution is -0.115. The van der Waals surface area contributed by atoms with Crippen molar-refractivity contribution in [1.29, 1.82) is 0 Å². The third kappa shape index (κ3) is 3.04. The summed E-state index contributed by atoms with van der Waals surface area (Å²) in [5, 5.41) is 9.27. The number of unbranched alkanes of at least 4 members (excludes halogenated alkanes) is 1. The second-order valence-electron chi connectivity index (χ2n) is 5.75. The van der Waals surface area contributed by atoms with Crippen LogP contribution in [0.4, 0.5) is 5.82 Å². The molecule has 3 aromatic rings. The number of carbonyl (C=O) groups is 1. The highest BCUT2D eigenvalue weighted by Crippen LogP contribution is 2.28. The van der Waals surface area contributed by atoms with E-state index in [1.807, 2.05) is 35.9 Å². The molecule has 0 aliphatic carbocycles. The van der Waals surface area contributed by atoms with Gasteiger partial charge in [0.15, 0.2) is 11.5 Å². The molecule has 2 heterocycles. The molecule has 0 spiro atoms. The van der Waals surface area contributed by atoms with Gasteiger partial charge in [-0.3, -0.25) is 4.79 Å². The molecule has 126 valence electrons. The molecule has 6 nitrogen and oxygen atoms in total. The van der Waals surface area contributed by atoms with E-state index in [4.69, 9.17) is 9.72 Å². The largest absolute Gasteiger partial charge is 0.497 e. The molecule has 0 saturated heterocycles. The number of pyridine rings is 1. The number of amides is 1. The number of carbonyl (C=O) groups excluding carboxylic acids is 1. The van der Waals surface area contributed by atoms with Crippen molar-refractivity contribution in [3.05, 3.63) is 24.3 Å². The Morgan fingerprint density at radius 3 is 2.83 bits per heavy atom. The van der Waals surface area contributed by atoms with Crippen LogP contribution in [0, 0.1) is 0 Å². The molecule has 0 unspecified atom stereocenters. The average Bonchev–Trinajstić information content (AvgIpc) is 2.94. The smallest absolute Gasteiger partial charge is 0.225 e.